The monoisotopic (exact) mass is 590 g/mol. The summed E-state index contributed by atoms with van der Waals surface area (Å²) < 4.78 is 8.33. The Bertz CT molecular complexity index is 1350. The number of para-hydroxylation sites is 1. The van der Waals surface area contributed by atoms with Gasteiger partial charge in [0.15, 0.2) is 0 Å². The minimum atomic E-state index is -0.306. The number of hydrogen-bond donors (Lipinski definition) is 1. The van der Waals surface area contributed by atoms with Crippen LogP contribution in [0.4, 0.5) is 0 Å². The van der Waals surface area contributed by atoms with Crippen LogP contribution in [0.5, 0.6) is 5.75 Å². The second kappa shape index (κ2) is 12.2. The van der Waals surface area contributed by atoms with E-state index in [0.717, 1.165) is 15.7 Å². The molecule has 8 nitrogen and oxygen atoms in total. The van der Waals surface area contributed by atoms with E-state index in [1.54, 1.807) is 22.9 Å². The quantitative estimate of drug-likeness (QED) is 0.156. The maximum atomic E-state index is 12.3. The Morgan fingerprint density at radius 1 is 1.14 bits per heavy atom. The van der Waals surface area contributed by atoms with Crippen molar-refractivity contribution in [1.29, 1.82) is 0 Å². The van der Waals surface area contributed by atoms with Crippen LogP contribution in [0.3, 0.4) is 0 Å². The van der Waals surface area contributed by atoms with Gasteiger partial charge in [-0.25, -0.2) is 5.43 Å². The van der Waals surface area contributed by atoms with Crippen molar-refractivity contribution in [2.24, 2.45) is 5.10 Å². The molecule has 0 aliphatic carbocycles. The highest BCUT2D eigenvalue weighted by Crippen LogP contribution is 2.26. The number of halogens is 3. The molecular weight excluding hydrogens is 575 g/mol. The van der Waals surface area contributed by atoms with Crippen molar-refractivity contribution >= 4 is 63.0 Å². The smallest absolute Gasteiger partial charge is 0.250 e. The minimum absolute atomic E-state index is 0.0848. The Balaban J connectivity index is 1.35. The van der Waals surface area contributed by atoms with Crippen LogP contribution in [0.1, 0.15) is 11.1 Å². The number of amides is 1. The highest BCUT2D eigenvalue weighted by Gasteiger charge is 2.11. The summed E-state index contributed by atoms with van der Waals surface area (Å²) in [5, 5.41) is 17.3. The van der Waals surface area contributed by atoms with Crippen molar-refractivity contribution in [2.75, 3.05) is 5.75 Å². The summed E-state index contributed by atoms with van der Waals surface area (Å²) in [6, 6.07) is 20.1. The highest BCUT2D eigenvalue weighted by molar-refractivity contribution is 9.10. The van der Waals surface area contributed by atoms with Crippen molar-refractivity contribution in [3.63, 3.8) is 0 Å². The van der Waals surface area contributed by atoms with Gasteiger partial charge in [0.05, 0.1) is 17.7 Å². The topological polar surface area (TPSA) is 94.3 Å². The number of aromatic nitrogens is 4. The molecule has 4 rings (SSSR count). The van der Waals surface area contributed by atoms with Crippen LogP contribution < -0.4 is 10.2 Å². The molecule has 1 aromatic heterocycles. The van der Waals surface area contributed by atoms with Gasteiger partial charge in [-0.05, 0) is 52.9 Å². The number of hydrazone groups is 1. The van der Waals surface area contributed by atoms with Crippen LogP contribution >= 0.6 is 50.9 Å². The number of thioether (sulfide) groups is 1. The largest absolute Gasteiger partial charge is 0.488 e. The maximum Gasteiger partial charge on any atom is 0.250 e. The normalized spacial score (nSPS) is 11.1. The fraction of sp³-hybridized carbons (Fsp3) is 0.0870. The molecular formula is C23H17BrCl2N6O2S. The lowest BCUT2D eigenvalue weighted by atomic mass is 10.2. The van der Waals surface area contributed by atoms with Crippen molar-refractivity contribution in [3.8, 4) is 11.4 Å². The van der Waals surface area contributed by atoms with E-state index in [4.69, 9.17) is 27.9 Å². The SMILES string of the molecule is O=C(CSc1nnnn1-c1ccccc1)N/N=C\c1cc(Br)ccc1OCc1ccc(Cl)cc1Cl. The summed E-state index contributed by atoms with van der Waals surface area (Å²) >= 11 is 16.8. The molecule has 35 heavy (non-hydrogen) atoms. The van der Waals surface area contributed by atoms with Crippen molar-refractivity contribution in [1.82, 2.24) is 25.6 Å². The van der Waals surface area contributed by atoms with Crippen LogP contribution in [0.25, 0.3) is 5.69 Å². The van der Waals surface area contributed by atoms with E-state index in [2.05, 4.69) is 42.0 Å². The number of carbonyl (C=O) groups excluding carboxylic acids is 1. The maximum absolute atomic E-state index is 12.3. The van der Waals surface area contributed by atoms with E-state index in [9.17, 15) is 4.79 Å². The zero-order valence-electron chi connectivity index (χ0n) is 17.9. The van der Waals surface area contributed by atoms with Gasteiger partial charge in [-0.1, -0.05) is 75.2 Å². The van der Waals surface area contributed by atoms with Crippen molar-refractivity contribution in [2.45, 2.75) is 11.8 Å². The van der Waals surface area contributed by atoms with Crippen molar-refractivity contribution in [3.05, 3.63) is 92.4 Å². The molecule has 0 radical (unpaired) electrons. The van der Waals surface area contributed by atoms with Gasteiger partial charge in [0.1, 0.15) is 12.4 Å². The third-order valence-electron chi connectivity index (χ3n) is 4.54. The lowest BCUT2D eigenvalue weighted by Crippen LogP contribution is -2.20. The molecule has 0 saturated heterocycles. The number of carbonyl (C=O) groups is 1. The van der Waals surface area contributed by atoms with Crippen LogP contribution in [0, 0.1) is 0 Å². The third kappa shape index (κ3) is 7.04. The van der Waals surface area contributed by atoms with Gasteiger partial charge in [0.25, 0.3) is 5.91 Å². The lowest BCUT2D eigenvalue weighted by molar-refractivity contribution is -0.118. The third-order valence-corrected chi connectivity index (χ3v) is 6.54. The van der Waals surface area contributed by atoms with Crippen LogP contribution in [0.15, 0.2) is 81.5 Å². The molecule has 1 heterocycles. The van der Waals surface area contributed by atoms with Gasteiger partial charge in [0.2, 0.25) is 5.16 Å². The molecule has 0 atom stereocenters. The molecule has 1 amide bonds. The summed E-state index contributed by atoms with van der Waals surface area (Å²) in [7, 11) is 0. The zero-order valence-corrected chi connectivity index (χ0v) is 21.9. The molecule has 12 heteroatoms. The fourth-order valence-electron chi connectivity index (χ4n) is 2.88. The standard InChI is InChI=1S/C23H17BrCl2N6O2S/c24-17-7-9-21(34-13-15-6-8-18(25)11-20(15)26)16(10-17)12-27-28-22(33)14-35-23-29-30-31-32(23)19-4-2-1-3-5-19/h1-12H,13-14H2,(H,28,33)/b27-12-. The number of tetrazole rings is 1. The predicted molar refractivity (Wildman–Crippen MR) is 141 cm³/mol. The highest BCUT2D eigenvalue weighted by atomic mass is 79.9. The Kier molecular flexibility index (Phi) is 8.75. The summed E-state index contributed by atoms with van der Waals surface area (Å²) in [6.45, 7) is 0.248. The van der Waals surface area contributed by atoms with E-state index < -0.39 is 0 Å². The first-order valence-corrected chi connectivity index (χ1v) is 12.7. The number of hydrogen-bond acceptors (Lipinski definition) is 7. The zero-order chi connectivity index (χ0) is 24.6. The summed E-state index contributed by atoms with van der Waals surface area (Å²) in [5.41, 5.74) is 4.79. The molecule has 0 saturated carbocycles. The molecule has 0 fully saturated rings. The molecule has 1 N–H and O–H groups in total. The first kappa shape index (κ1) is 25.2. The number of ether oxygens (including phenoxy) is 1. The molecule has 0 aliphatic rings. The summed E-state index contributed by atoms with van der Waals surface area (Å²) in [4.78, 5) is 12.3. The Labute approximate surface area is 223 Å². The molecule has 178 valence electrons. The second-order valence-electron chi connectivity index (χ2n) is 7.00. The fourth-order valence-corrected chi connectivity index (χ4v) is 4.41. The Hall–Kier alpha value is -2.92. The lowest BCUT2D eigenvalue weighted by Gasteiger charge is -2.11. The van der Waals surface area contributed by atoms with Gasteiger partial charge in [-0.15, -0.1) is 5.10 Å². The molecule has 4 aromatic rings. The molecule has 0 spiro atoms. The van der Waals surface area contributed by atoms with Crippen LogP contribution in [-0.4, -0.2) is 38.1 Å². The number of nitrogens with zero attached hydrogens (tertiary/aromatic N) is 5. The van der Waals surface area contributed by atoms with E-state index in [-0.39, 0.29) is 18.3 Å². The molecule has 3 aromatic carbocycles. The number of rotatable bonds is 9. The second-order valence-corrected chi connectivity index (χ2v) is 9.70. The minimum Gasteiger partial charge on any atom is -0.488 e. The van der Waals surface area contributed by atoms with Gasteiger partial charge in [0, 0.05) is 25.6 Å². The van der Waals surface area contributed by atoms with E-state index in [0.29, 0.717) is 26.5 Å². The van der Waals surface area contributed by atoms with Crippen LogP contribution in [-0.2, 0) is 11.4 Å². The Morgan fingerprint density at radius 3 is 2.77 bits per heavy atom. The van der Waals surface area contributed by atoms with E-state index in [1.807, 2.05) is 48.5 Å². The molecule has 0 bridgehead atoms. The van der Waals surface area contributed by atoms with Crippen molar-refractivity contribution < 1.29 is 9.53 Å². The number of benzene rings is 3. The summed E-state index contributed by atoms with van der Waals surface area (Å²) in [5.74, 6) is 0.356. The molecule has 0 aliphatic heterocycles. The van der Waals surface area contributed by atoms with E-state index in [1.165, 1.54) is 18.0 Å². The van der Waals surface area contributed by atoms with Gasteiger partial charge >= 0.3 is 0 Å². The van der Waals surface area contributed by atoms with E-state index >= 15 is 0 Å². The first-order valence-electron chi connectivity index (χ1n) is 10.1. The first-order chi connectivity index (χ1) is 17.0. The Morgan fingerprint density at radius 2 is 1.97 bits per heavy atom. The van der Waals surface area contributed by atoms with Gasteiger partial charge in [-0.3, -0.25) is 4.79 Å². The number of nitrogens with one attached hydrogen (secondary N) is 1. The van der Waals surface area contributed by atoms with Gasteiger partial charge in [-0.2, -0.15) is 9.78 Å². The average Bonchev–Trinajstić information content (AvgIpc) is 3.32. The van der Waals surface area contributed by atoms with Gasteiger partial charge < -0.3 is 4.74 Å². The predicted octanol–water partition coefficient (Wildman–Crippen LogP) is 5.55. The van der Waals surface area contributed by atoms with Crippen LogP contribution in [0.2, 0.25) is 10.0 Å². The summed E-state index contributed by atoms with van der Waals surface area (Å²) in [6.07, 6.45) is 1.51. The average molecular weight is 592 g/mol. The molecule has 0 unspecified atom stereocenters.